The van der Waals surface area contributed by atoms with Crippen LogP contribution in [0.15, 0.2) is 12.1 Å². The van der Waals surface area contributed by atoms with Crippen molar-refractivity contribution in [1.82, 2.24) is 15.1 Å². The lowest BCUT2D eigenvalue weighted by Gasteiger charge is -2.39. The van der Waals surface area contributed by atoms with E-state index in [4.69, 9.17) is 0 Å². The fourth-order valence-corrected chi connectivity index (χ4v) is 5.61. The van der Waals surface area contributed by atoms with E-state index in [0.29, 0.717) is 5.41 Å². The molecule has 1 aromatic rings. The summed E-state index contributed by atoms with van der Waals surface area (Å²) in [4.78, 5) is 19.9. The predicted octanol–water partition coefficient (Wildman–Crippen LogP) is 2.95. The number of amides is 1. The molecule has 24 heavy (non-hydrogen) atoms. The number of hydrogen-bond acceptors (Lipinski definition) is 4. The van der Waals surface area contributed by atoms with Crippen molar-refractivity contribution in [3.05, 3.63) is 21.9 Å². The molecule has 4 nitrogen and oxygen atoms in total. The second kappa shape index (κ2) is 7.14. The maximum atomic E-state index is 12.9. The molecule has 0 bridgehead atoms. The SMILES string of the molecule is O=C(c1ccc(CN2CCCCC2)s1)N1CCCC2(CCNC2)C1. The van der Waals surface area contributed by atoms with E-state index in [0.717, 1.165) is 44.0 Å². The molecule has 4 heterocycles. The zero-order valence-corrected chi connectivity index (χ0v) is 15.4. The molecular weight excluding hydrogens is 318 g/mol. The van der Waals surface area contributed by atoms with E-state index in [1.165, 1.54) is 50.1 Å². The highest BCUT2D eigenvalue weighted by Gasteiger charge is 2.39. The van der Waals surface area contributed by atoms with Gasteiger partial charge in [0, 0.05) is 36.5 Å². The first-order valence-corrected chi connectivity index (χ1v) is 10.4. The molecule has 3 aliphatic rings. The quantitative estimate of drug-likeness (QED) is 0.913. The molecule has 1 N–H and O–H groups in total. The molecule has 3 saturated heterocycles. The van der Waals surface area contributed by atoms with Crippen LogP contribution in [0.4, 0.5) is 0 Å². The lowest BCUT2D eigenvalue weighted by molar-refractivity contribution is 0.0558. The molecule has 0 saturated carbocycles. The smallest absolute Gasteiger partial charge is 0.263 e. The topological polar surface area (TPSA) is 35.6 Å². The Morgan fingerprint density at radius 3 is 2.79 bits per heavy atom. The Morgan fingerprint density at radius 2 is 2.00 bits per heavy atom. The lowest BCUT2D eigenvalue weighted by atomic mass is 9.79. The first kappa shape index (κ1) is 16.6. The van der Waals surface area contributed by atoms with E-state index in [1.54, 1.807) is 11.3 Å². The largest absolute Gasteiger partial charge is 0.337 e. The average molecular weight is 348 g/mol. The van der Waals surface area contributed by atoms with Crippen LogP contribution in [0.1, 0.15) is 53.1 Å². The molecule has 3 aliphatic heterocycles. The van der Waals surface area contributed by atoms with Crippen LogP contribution in [0.3, 0.4) is 0 Å². The zero-order chi connectivity index (χ0) is 16.4. The van der Waals surface area contributed by atoms with Gasteiger partial charge in [0.05, 0.1) is 4.88 Å². The van der Waals surface area contributed by atoms with Gasteiger partial charge in [-0.1, -0.05) is 6.42 Å². The van der Waals surface area contributed by atoms with Crippen LogP contribution < -0.4 is 5.32 Å². The zero-order valence-electron chi connectivity index (χ0n) is 14.6. The monoisotopic (exact) mass is 347 g/mol. The first-order chi connectivity index (χ1) is 11.7. The minimum absolute atomic E-state index is 0.260. The standard InChI is InChI=1S/C19H29N3OS/c23-18(22-12-4-7-19(15-22)8-9-20-14-19)17-6-5-16(24-17)13-21-10-2-1-3-11-21/h5-6,20H,1-4,7-15H2. The summed E-state index contributed by atoms with van der Waals surface area (Å²) in [6, 6.07) is 4.23. The van der Waals surface area contributed by atoms with Crippen molar-refractivity contribution >= 4 is 17.2 Å². The summed E-state index contributed by atoms with van der Waals surface area (Å²) in [7, 11) is 0. The molecule has 0 radical (unpaired) electrons. The first-order valence-electron chi connectivity index (χ1n) is 9.55. The van der Waals surface area contributed by atoms with Crippen molar-refractivity contribution in [2.24, 2.45) is 5.41 Å². The number of rotatable bonds is 3. The Bertz CT molecular complexity index is 573. The van der Waals surface area contributed by atoms with Gasteiger partial charge in [0.2, 0.25) is 0 Å². The molecule has 1 unspecified atom stereocenters. The molecule has 0 aromatic carbocycles. The van der Waals surface area contributed by atoms with Gasteiger partial charge in [0.15, 0.2) is 0 Å². The van der Waals surface area contributed by atoms with Gasteiger partial charge in [-0.3, -0.25) is 9.69 Å². The summed E-state index contributed by atoms with van der Waals surface area (Å²) in [6.07, 6.45) is 7.66. The number of hydrogen-bond donors (Lipinski definition) is 1. The van der Waals surface area contributed by atoms with Crippen LogP contribution in [0.5, 0.6) is 0 Å². The van der Waals surface area contributed by atoms with Gasteiger partial charge in [0.1, 0.15) is 0 Å². The number of likely N-dealkylation sites (tertiary alicyclic amines) is 2. The fourth-order valence-electron chi connectivity index (χ4n) is 4.60. The number of piperidine rings is 2. The van der Waals surface area contributed by atoms with Crippen molar-refractivity contribution in [3.63, 3.8) is 0 Å². The van der Waals surface area contributed by atoms with Crippen molar-refractivity contribution in [3.8, 4) is 0 Å². The van der Waals surface area contributed by atoms with E-state index >= 15 is 0 Å². The Balaban J connectivity index is 1.39. The summed E-state index contributed by atoms with van der Waals surface area (Å²) in [5.41, 5.74) is 0.349. The maximum Gasteiger partial charge on any atom is 0.263 e. The van der Waals surface area contributed by atoms with E-state index in [-0.39, 0.29) is 5.91 Å². The molecule has 1 aromatic heterocycles. The van der Waals surface area contributed by atoms with Crippen molar-refractivity contribution in [2.45, 2.75) is 45.1 Å². The van der Waals surface area contributed by atoms with Gasteiger partial charge in [0.25, 0.3) is 5.91 Å². The lowest BCUT2D eigenvalue weighted by Crippen LogP contribution is -2.46. The molecule has 4 rings (SSSR count). The summed E-state index contributed by atoms with van der Waals surface area (Å²) < 4.78 is 0. The fraction of sp³-hybridized carbons (Fsp3) is 0.737. The molecule has 3 fully saturated rings. The molecule has 1 spiro atoms. The van der Waals surface area contributed by atoms with Gasteiger partial charge in [-0.25, -0.2) is 0 Å². The minimum Gasteiger partial charge on any atom is -0.337 e. The number of nitrogens with one attached hydrogen (secondary N) is 1. The van der Waals surface area contributed by atoms with E-state index < -0.39 is 0 Å². The van der Waals surface area contributed by atoms with Crippen LogP contribution in [0.25, 0.3) is 0 Å². The molecule has 132 valence electrons. The van der Waals surface area contributed by atoms with Gasteiger partial charge >= 0.3 is 0 Å². The van der Waals surface area contributed by atoms with Crippen LogP contribution in [0, 0.1) is 5.41 Å². The third-order valence-corrected chi connectivity index (χ3v) is 7.04. The molecule has 0 aliphatic carbocycles. The number of carbonyl (C=O) groups excluding carboxylic acids is 1. The Kier molecular flexibility index (Phi) is 4.93. The number of thiophene rings is 1. The second-order valence-corrected chi connectivity index (χ2v) is 9.03. The van der Waals surface area contributed by atoms with Crippen molar-refractivity contribution < 1.29 is 4.79 Å². The van der Waals surface area contributed by atoms with Crippen LogP contribution in [-0.4, -0.2) is 55.0 Å². The van der Waals surface area contributed by atoms with Crippen molar-refractivity contribution in [2.75, 3.05) is 39.3 Å². The maximum absolute atomic E-state index is 12.9. The number of nitrogens with zero attached hydrogens (tertiary/aromatic N) is 2. The highest BCUT2D eigenvalue weighted by atomic mass is 32.1. The van der Waals surface area contributed by atoms with Gasteiger partial charge in [-0.15, -0.1) is 11.3 Å². The van der Waals surface area contributed by atoms with Crippen LogP contribution >= 0.6 is 11.3 Å². The Morgan fingerprint density at radius 1 is 1.12 bits per heavy atom. The highest BCUT2D eigenvalue weighted by Crippen LogP contribution is 2.36. The van der Waals surface area contributed by atoms with E-state index in [2.05, 4.69) is 27.2 Å². The van der Waals surface area contributed by atoms with Gasteiger partial charge in [-0.2, -0.15) is 0 Å². The van der Waals surface area contributed by atoms with Crippen LogP contribution in [-0.2, 0) is 6.54 Å². The van der Waals surface area contributed by atoms with Gasteiger partial charge in [-0.05, 0) is 63.9 Å². The average Bonchev–Trinajstić information content (AvgIpc) is 3.25. The third kappa shape index (κ3) is 3.53. The highest BCUT2D eigenvalue weighted by molar-refractivity contribution is 7.14. The Labute approximate surface area is 149 Å². The third-order valence-electron chi connectivity index (χ3n) is 5.98. The molecule has 1 atom stereocenters. The molecule has 1 amide bonds. The number of carbonyl (C=O) groups is 1. The van der Waals surface area contributed by atoms with Gasteiger partial charge < -0.3 is 10.2 Å². The molecule has 5 heteroatoms. The Hall–Kier alpha value is -0.910. The van der Waals surface area contributed by atoms with E-state index in [1.807, 2.05) is 0 Å². The molecular formula is C19H29N3OS. The summed E-state index contributed by atoms with van der Waals surface area (Å²) in [6.45, 7) is 7.51. The van der Waals surface area contributed by atoms with E-state index in [9.17, 15) is 4.79 Å². The summed E-state index contributed by atoms with van der Waals surface area (Å²) >= 11 is 1.71. The normalized spacial score (nSPS) is 28.6. The predicted molar refractivity (Wildman–Crippen MR) is 98.5 cm³/mol. The summed E-state index contributed by atoms with van der Waals surface area (Å²) in [5.74, 6) is 0.260. The second-order valence-electron chi connectivity index (χ2n) is 7.86. The summed E-state index contributed by atoms with van der Waals surface area (Å²) in [5, 5.41) is 3.49. The minimum atomic E-state index is 0.260. The van der Waals surface area contributed by atoms with Crippen LogP contribution in [0.2, 0.25) is 0 Å². The van der Waals surface area contributed by atoms with Crippen molar-refractivity contribution in [1.29, 1.82) is 0 Å².